The van der Waals surface area contributed by atoms with Gasteiger partial charge in [0.05, 0.1) is 39.7 Å². The average Bonchev–Trinajstić information content (AvgIpc) is 3.31. The molecule has 5 rings (SSSR count). The third-order valence-corrected chi connectivity index (χ3v) is 6.71. The van der Waals surface area contributed by atoms with Crippen LogP contribution in [0.4, 0.5) is 0 Å². The Hall–Kier alpha value is -3.32. The smallest absolute Gasteiger partial charge is 0.0973 e. The number of rotatable bonds is 3. The average molecular weight is 552 g/mol. The SMILES string of the molecule is Cc1cnn(-c2c(C)nnc(C)c2-c2ccc(Cl)cc2)c1.Cc1nnc(C)c(-c2ccc(Cl)cc2)c1Cl. The van der Waals surface area contributed by atoms with Crippen LogP contribution in [0.2, 0.25) is 15.1 Å². The molecule has 37 heavy (non-hydrogen) atoms. The topological polar surface area (TPSA) is 69.4 Å². The van der Waals surface area contributed by atoms with Gasteiger partial charge in [-0.1, -0.05) is 59.1 Å². The largest absolute Gasteiger partial charge is 0.238 e. The van der Waals surface area contributed by atoms with Gasteiger partial charge in [-0.05, 0) is 75.6 Å². The number of halogens is 3. The van der Waals surface area contributed by atoms with Gasteiger partial charge in [0.1, 0.15) is 0 Å². The first kappa shape index (κ1) is 26.7. The van der Waals surface area contributed by atoms with E-state index in [2.05, 4.69) is 25.5 Å². The summed E-state index contributed by atoms with van der Waals surface area (Å²) in [5.74, 6) is 0. The third kappa shape index (κ3) is 5.99. The van der Waals surface area contributed by atoms with E-state index in [-0.39, 0.29) is 0 Å². The minimum atomic E-state index is 0.648. The Morgan fingerprint density at radius 3 is 1.54 bits per heavy atom. The lowest BCUT2D eigenvalue weighted by molar-refractivity contribution is 0.833. The Kier molecular flexibility index (Phi) is 8.22. The molecule has 0 aliphatic rings. The second-order valence-electron chi connectivity index (χ2n) is 8.63. The number of hydrogen-bond donors (Lipinski definition) is 0. The first-order chi connectivity index (χ1) is 17.7. The van der Waals surface area contributed by atoms with Crippen LogP contribution in [0.5, 0.6) is 0 Å². The first-order valence-electron chi connectivity index (χ1n) is 11.5. The molecule has 0 N–H and O–H groups in total. The van der Waals surface area contributed by atoms with Crippen LogP contribution >= 0.6 is 34.8 Å². The van der Waals surface area contributed by atoms with Gasteiger partial charge in [-0.25, -0.2) is 4.68 Å². The van der Waals surface area contributed by atoms with E-state index >= 15 is 0 Å². The van der Waals surface area contributed by atoms with Gasteiger partial charge < -0.3 is 0 Å². The van der Waals surface area contributed by atoms with E-state index < -0.39 is 0 Å². The van der Waals surface area contributed by atoms with Gasteiger partial charge in [-0.15, -0.1) is 0 Å². The standard InChI is InChI=1S/C16H15ClN4.C12H10Cl2N2/c1-10-8-18-21(9-10)16-12(3)20-19-11(2)15(16)13-4-6-14(17)7-5-13;1-7-11(12(14)8(2)16-15-7)9-3-5-10(13)6-4-9/h4-9H,1-3H3;3-6H,1-2H3. The number of benzene rings is 2. The summed E-state index contributed by atoms with van der Waals surface area (Å²) >= 11 is 18.1. The highest BCUT2D eigenvalue weighted by Crippen LogP contribution is 2.32. The summed E-state index contributed by atoms with van der Waals surface area (Å²) < 4.78 is 1.86. The summed E-state index contributed by atoms with van der Waals surface area (Å²) in [6.45, 7) is 9.65. The Balaban J connectivity index is 0.000000180. The zero-order valence-corrected chi connectivity index (χ0v) is 23.4. The molecule has 0 saturated carbocycles. The van der Waals surface area contributed by atoms with Crippen LogP contribution in [0.3, 0.4) is 0 Å². The van der Waals surface area contributed by atoms with E-state index in [4.69, 9.17) is 34.8 Å². The van der Waals surface area contributed by atoms with E-state index in [1.165, 1.54) is 0 Å². The molecule has 0 amide bonds. The van der Waals surface area contributed by atoms with Gasteiger partial charge in [-0.2, -0.15) is 25.5 Å². The van der Waals surface area contributed by atoms with Crippen LogP contribution in [0.1, 0.15) is 28.3 Å². The molecule has 0 bridgehead atoms. The van der Waals surface area contributed by atoms with Crippen molar-refractivity contribution in [3.8, 4) is 27.9 Å². The highest BCUT2D eigenvalue weighted by molar-refractivity contribution is 6.34. The maximum Gasteiger partial charge on any atom is 0.0973 e. The normalized spacial score (nSPS) is 10.7. The molecule has 0 aliphatic heterocycles. The van der Waals surface area contributed by atoms with Crippen molar-refractivity contribution >= 4 is 34.8 Å². The molecule has 0 saturated heterocycles. The van der Waals surface area contributed by atoms with E-state index in [0.29, 0.717) is 15.1 Å². The molecule has 9 heteroatoms. The molecule has 0 fully saturated rings. The van der Waals surface area contributed by atoms with Crippen molar-refractivity contribution in [2.24, 2.45) is 0 Å². The predicted molar refractivity (Wildman–Crippen MR) is 151 cm³/mol. The number of nitrogens with zero attached hydrogens (tertiary/aromatic N) is 6. The van der Waals surface area contributed by atoms with Gasteiger partial charge in [0.15, 0.2) is 0 Å². The molecule has 5 aromatic rings. The van der Waals surface area contributed by atoms with E-state index in [0.717, 1.165) is 56.3 Å². The van der Waals surface area contributed by atoms with Crippen LogP contribution in [-0.4, -0.2) is 30.2 Å². The number of aromatic nitrogens is 6. The van der Waals surface area contributed by atoms with Crippen molar-refractivity contribution in [3.05, 3.63) is 104 Å². The summed E-state index contributed by atoms with van der Waals surface area (Å²) in [5.41, 5.74) is 9.33. The van der Waals surface area contributed by atoms with E-state index in [9.17, 15) is 0 Å². The number of hydrogen-bond acceptors (Lipinski definition) is 5. The highest BCUT2D eigenvalue weighted by atomic mass is 35.5. The van der Waals surface area contributed by atoms with Gasteiger partial charge in [0.25, 0.3) is 0 Å². The van der Waals surface area contributed by atoms with Crippen molar-refractivity contribution in [2.75, 3.05) is 0 Å². The molecular weight excluding hydrogens is 527 g/mol. The lowest BCUT2D eigenvalue weighted by Crippen LogP contribution is -2.06. The van der Waals surface area contributed by atoms with Gasteiger partial charge in [-0.3, -0.25) is 0 Å². The maximum absolute atomic E-state index is 6.24. The summed E-state index contributed by atoms with van der Waals surface area (Å²) in [4.78, 5) is 0. The second-order valence-corrected chi connectivity index (χ2v) is 9.88. The third-order valence-electron chi connectivity index (χ3n) is 5.75. The van der Waals surface area contributed by atoms with Gasteiger partial charge in [0.2, 0.25) is 0 Å². The van der Waals surface area contributed by atoms with Crippen molar-refractivity contribution < 1.29 is 0 Å². The molecule has 0 unspecified atom stereocenters. The van der Waals surface area contributed by atoms with Crippen LogP contribution in [0.15, 0.2) is 60.9 Å². The Bertz CT molecular complexity index is 1540. The Morgan fingerprint density at radius 1 is 0.568 bits per heavy atom. The second kappa shape index (κ2) is 11.4. The van der Waals surface area contributed by atoms with Crippen molar-refractivity contribution in [1.82, 2.24) is 30.2 Å². The monoisotopic (exact) mass is 550 g/mol. The van der Waals surface area contributed by atoms with Crippen molar-refractivity contribution in [1.29, 1.82) is 0 Å². The van der Waals surface area contributed by atoms with Crippen LogP contribution in [0, 0.1) is 34.6 Å². The fourth-order valence-corrected chi connectivity index (χ4v) is 4.45. The van der Waals surface area contributed by atoms with Gasteiger partial charge >= 0.3 is 0 Å². The lowest BCUT2D eigenvalue weighted by atomic mass is 10.0. The lowest BCUT2D eigenvalue weighted by Gasteiger charge is -2.14. The van der Waals surface area contributed by atoms with E-state index in [1.807, 2.05) is 100 Å². The molecular formula is C28H25Cl3N6. The molecule has 0 atom stereocenters. The van der Waals surface area contributed by atoms with Gasteiger partial charge in [0, 0.05) is 27.4 Å². The minimum Gasteiger partial charge on any atom is -0.238 e. The molecule has 2 aromatic carbocycles. The maximum atomic E-state index is 6.24. The molecule has 3 aromatic heterocycles. The zero-order valence-electron chi connectivity index (χ0n) is 21.1. The fraction of sp³-hybridized carbons (Fsp3) is 0.179. The molecule has 0 spiro atoms. The summed E-state index contributed by atoms with van der Waals surface area (Å²) in [5, 5.41) is 23.0. The predicted octanol–water partition coefficient (Wildman–Crippen LogP) is 7.98. The molecule has 0 aliphatic carbocycles. The van der Waals surface area contributed by atoms with E-state index in [1.54, 1.807) is 0 Å². The van der Waals surface area contributed by atoms with Crippen LogP contribution in [0.25, 0.3) is 27.9 Å². The van der Waals surface area contributed by atoms with Crippen molar-refractivity contribution in [3.63, 3.8) is 0 Å². The minimum absolute atomic E-state index is 0.648. The molecule has 6 nitrogen and oxygen atoms in total. The van der Waals surface area contributed by atoms with Crippen molar-refractivity contribution in [2.45, 2.75) is 34.6 Å². The van der Waals surface area contributed by atoms with Crippen LogP contribution in [-0.2, 0) is 0 Å². The quantitative estimate of drug-likeness (QED) is 0.227. The van der Waals surface area contributed by atoms with Crippen LogP contribution < -0.4 is 0 Å². The highest BCUT2D eigenvalue weighted by Gasteiger charge is 2.16. The Morgan fingerprint density at radius 2 is 1.03 bits per heavy atom. The zero-order chi connectivity index (χ0) is 26.7. The molecule has 0 radical (unpaired) electrons. The fourth-order valence-electron chi connectivity index (χ4n) is 3.91. The first-order valence-corrected chi connectivity index (χ1v) is 12.7. The summed E-state index contributed by atoms with van der Waals surface area (Å²) in [7, 11) is 0. The molecule has 188 valence electrons. The molecule has 3 heterocycles. The summed E-state index contributed by atoms with van der Waals surface area (Å²) in [6.07, 6.45) is 3.82. The number of aryl methyl sites for hydroxylation is 5. The summed E-state index contributed by atoms with van der Waals surface area (Å²) in [6, 6.07) is 15.3. The Labute approximate surface area is 231 Å².